The van der Waals surface area contributed by atoms with Crippen LogP contribution in [0.5, 0.6) is 11.5 Å². The van der Waals surface area contributed by atoms with Gasteiger partial charge in [-0.1, -0.05) is 6.07 Å². The van der Waals surface area contributed by atoms with Crippen LogP contribution in [-0.2, 0) is 17.6 Å². The first kappa shape index (κ1) is 17.5. The van der Waals surface area contributed by atoms with E-state index < -0.39 is 0 Å². The van der Waals surface area contributed by atoms with Gasteiger partial charge >= 0.3 is 0 Å². The lowest BCUT2D eigenvalue weighted by atomic mass is 10.1. The monoisotopic (exact) mass is 381 g/mol. The Morgan fingerprint density at radius 2 is 2.07 bits per heavy atom. The summed E-state index contributed by atoms with van der Waals surface area (Å²) in [6, 6.07) is 9.51. The number of fused-ring (bicyclic) bond motifs is 1. The number of ether oxygens (including phenoxy) is 2. The Hall–Kier alpha value is -2.93. The van der Waals surface area contributed by atoms with Crippen molar-refractivity contribution in [2.75, 3.05) is 19.8 Å². The van der Waals surface area contributed by atoms with Gasteiger partial charge in [-0.15, -0.1) is 11.3 Å². The minimum atomic E-state index is -0.0191. The average Bonchev–Trinajstić information content (AvgIpc) is 3.17. The summed E-state index contributed by atoms with van der Waals surface area (Å²) in [5.74, 6) is 1.42. The number of hydrogen-bond acceptors (Lipinski definition) is 6. The lowest BCUT2D eigenvalue weighted by molar-refractivity contribution is -0.120. The summed E-state index contributed by atoms with van der Waals surface area (Å²) in [6.45, 7) is 1.66. The molecule has 1 N–H and O–H groups in total. The average molecular weight is 381 g/mol. The van der Waals surface area contributed by atoms with Gasteiger partial charge in [0.2, 0.25) is 5.91 Å². The highest BCUT2D eigenvalue weighted by atomic mass is 32.1. The van der Waals surface area contributed by atoms with Crippen LogP contribution in [0.15, 0.2) is 48.1 Å². The molecule has 27 heavy (non-hydrogen) atoms. The summed E-state index contributed by atoms with van der Waals surface area (Å²) < 4.78 is 11.1. The van der Waals surface area contributed by atoms with E-state index in [0.717, 1.165) is 27.6 Å². The molecule has 3 heterocycles. The van der Waals surface area contributed by atoms with Gasteiger partial charge in [0.05, 0.1) is 12.1 Å². The number of nitrogens with one attached hydrogen (secondary N) is 1. The maximum absolute atomic E-state index is 12.2. The van der Waals surface area contributed by atoms with Crippen molar-refractivity contribution in [2.45, 2.75) is 12.8 Å². The fraction of sp³-hybridized carbons (Fsp3) is 0.250. The second kappa shape index (κ2) is 8.18. The molecule has 0 unspecified atom stereocenters. The zero-order valence-electron chi connectivity index (χ0n) is 14.7. The van der Waals surface area contributed by atoms with Gasteiger partial charge in [-0.2, -0.15) is 0 Å². The lowest BCUT2D eigenvalue weighted by Gasteiger charge is -2.18. The largest absolute Gasteiger partial charge is 0.486 e. The van der Waals surface area contributed by atoms with E-state index in [1.807, 2.05) is 35.7 Å². The summed E-state index contributed by atoms with van der Waals surface area (Å²) >= 11 is 1.59. The third-order valence-electron chi connectivity index (χ3n) is 4.13. The number of benzene rings is 1. The van der Waals surface area contributed by atoms with Gasteiger partial charge in [0, 0.05) is 36.3 Å². The SMILES string of the molecule is O=C(Cc1ccc2c(c1)OCCO2)NCCc1csc(-c2cccnc2)n1. The number of carbonyl (C=O) groups excluding carboxylic acids is 1. The van der Waals surface area contributed by atoms with Crippen LogP contribution in [0.2, 0.25) is 0 Å². The molecule has 2 aromatic heterocycles. The molecule has 0 radical (unpaired) electrons. The summed E-state index contributed by atoms with van der Waals surface area (Å²) in [5.41, 5.74) is 2.89. The topological polar surface area (TPSA) is 73.3 Å². The molecule has 6 nitrogen and oxygen atoms in total. The van der Waals surface area contributed by atoms with Crippen molar-refractivity contribution in [2.24, 2.45) is 0 Å². The second-order valence-corrected chi connectivity index (χ2v) is 7.00. The fourth-order valence-corrected chi connectivity index (χ4v) is 3.66. The Labute approximate surface area is 161 Å². The Balaban J connectivity index is 1.27. The van der Waals surface area contributed by atoms with Crippen molar-refractivity contribution >= 4 is 17.2 Å². The summed E-state index contributed by atoms with van der Waals surface area (Å²) in [6.07, 6.45) is 4.56. The van der Waals surface area contributed by atoms with Crippen molar-refractivity contribution in [3.63, 3.8) is 0 Å². The normalized spacial score (nSPS) is 12.6. The number of nitrogens with zero attached hydrogens (tertiary/aromatic N) is 2. The van der Waals surface area contributed by atoms with E-state index in [1.165, 1.54) is 0 Å². The van der Waals surface area contributed by atoms with Crippen LogP contribution in [0, 0.1) is 0 Å². The van der Waals surface area contributed by atoms with Crippen LogP contribution in [0.25, 0.3) is 10.6 Å². The standard InChI is InChI=1S/C20H19N3O3S/c24-19(11-14-3-4-17-18(10-14)26-9-8-25-17)22-7-5-16-13-27-20(23-16)15-2-1-6-21-12-15/h1-4,6,10,12-13H,5,7-9,11H2,(H,22,24). The third-order valence-corrected chi connectivity index (χ3v) is 5.07. The van der Waals surface area contributed by atoms with E-state index in [4.69, 9.17) is 9.47 Å². The minimum absolute atomic E-state index is 0.0191. The highest BCUT2D eigenvalue weighted by Gasteiger charge is 2.13. The third kappa shape index (κ3) is 4.43. The molecule has 1 aromatic carbocycles. The first-order chi connectivity index (χ1) is 13.3. The molecular weight excluding hydrogens is 362 g/mol. The molecule has 0 spiro atoms. The highest BCUT2D eigenvalue weighted by Crippen LogP contribution is 2.30. The smallest absolute Gasteiger partial charge is 0.224 e. The molecular formula is C20H19N3O3S. The second-order valence-electron chi connectivity index (χ2n) is 6.14. The van der Waals surface area contributed by atoms with E-state index in [1.54, 1.807) is 23.7 Å². The number of rotatable bonds is 6. The number of pyridine rings is 1. The van der Waals surface area contributed by atoms with Crippen molar-refractivity contribution < 1.29 is 14.3 Å². The number of aromatic nitrogens is 2. The molecule has 0 atom stereocenters. The first-order valence-electron chi connectivity index (χ1n) is 8.78. The lowest BCUT2D eigenvalue weighted by Crippen LogP contribution is -2.27. The Bertz CT molecular complexity index is 927. The van der Waals surface area contributed by atoms with Crippen LogP contribution in [0.4, 0.5) is 0 Å². The van der Waals surface area contributed by atoms with Crippen molar-refractivity contribution in [1.29, 1.82) is 0 Å². The maximum Gasteiger partial charge on any atom is 0.224 e. The Morgan fingerprint density at radius 3 is 2.93 bits per heavy atom. The molecule has 0 saturated heterocycles. The zero-order valence-corrected chi connectivity index (χ0v) is 15.5. The van der Waals surface area contributed by atoms with Crippen molar-refractivity contribution in [3.05, 3.63) is 59.4 Å². The van der Waals surface area contributed by atoms with E-state index in [0.29, 0.717) is 38.3 Å². The van der Waals surface area contributed by atoms with E-state index in [9.17, 15) is 4.79 Å². The van der Waals surface area contributed by atoms with Crippen molar-refractivity contribution in [1.82, 2.24) is 15.3 Å². The predicted octanol–water partition coefficient (Wildman–Crippen LogP) is 2.88. The van der Waals surface area contributed by atoms with Gasteiger partial charge in [0.15, 0.2) is 11.5 Å². The fourth-order valence-electron chi connectivity index (χ4n) is 2.82. The van der Waals surface area contributed by atoms with Crippen LogP contribution in [0.1, 0.15) is 11.3 Å². The minimum Gasteiger partial charge on any atom is -0.486 e. The zero-order chi connectivity index (χ0) is 18.5. The number of hydrogen-bond donors (Lipinski definition) is 1. The molecule has 1 aliphatic heterocycles. The molecule has 0 fully saturated rings. The Morgan fingerprint density at radius 1 is 1.19 bits per heavy atom. The number of thiazole rings is 1. The molecule has 7 heteroatoms. The summed E-state index contributed by atoms with van der Waals surface area (Å²) in [7, 11) is 0. The van der Waals surface area contributed by atoms with E-state index >= 15 is 0 Å². The van der Waals surface area contributed by atoms with Gasteiger partial charge in [-0.3, -0.25) is 9.78 Å². The van der Waals surface area contributed by atoms with Crippen LogP contribution in [0.3, 0.4) is 0 Å². The van der Waals surface area contributed by atoms with Crippen LogP contribution < -0.4 is 14.8 Å². The summed E-state index contributed by atoms with van der Waals surface area (Å²) in [5, 5.41) is 5.92. The van der Waals surface area contributed by atoms with Gasteiger partial charge < -0.3 is 14.8 Å². The molecule has 138 valence electrons. The highest BCUT2D eigenvalue weighted by molar-refractivity contribution is 7.13. The van der Waals surface area contributed by atoms with E-state index in [-0.39, 0.29) is 5.91 Å². The van der Waals surface area contributed by atoms with Gasteiger partial charge in [-0.05, 0) is 29.8 Å². The molecule has 0 bridgehead atoms. The van der Waals surface area contributed by atoms with Gasteiger partial charge in [0.25, 0.3) is 0 Å². The Kier molecular flexibility index (Phi) is 5.29. The van der Waals surface area contributed by atoms with Crippen molar-refractivity contribution in [3.8, 4) is 22.1 Å². The predicted molar refractivity (Wildman–Crippen MR) is 103 cm³/mol. The van der Waals surface area contributed by atoms with Crippen LogP contribution >= 0.6 is 11.3 Å². The maximum atomic E-state index is 12.2. The number of carbonyl (C=O) groups is 1. The molecule has 1 amide bonds. The molecule has 1 aliphatic rings. The molecule has 3 aromatic rings. The van der Waals surface area contributed by atoms with Crippen LogP contribution in [-0.4, -0.2) is 35.6 Å². The van der Waals surface area contributed by atoms with Gasteiger partial charge in [-0.25, -0.2) is 4.98 Å². The van der Waals surface area contributed by atoms with E-state index in [2.05, 4.69) is 15.3 Å². The number of amides is 1. The quantitative estimate of drug-likeness (QED) is 0.711. The first-order valence-corrected chi connectivity index (χ1v) is 9.66. The molecule has 4 rings (SSSR count). The molecule has 0 aliphatic carbocycles. The van der Waals surface area contributed by atoms with Gasteiger partial charge in [0.1, 0.15) is 18.2 Å². The summed E-state index contributed by atoms with van der Waals surface area (Å²) in [4.78, 5) is 20.9. The molecule has 0 saturated carbocycles.